The number of hydrogen-bond acceptors (Lipinski definition) is 4. The second-order valence-corrected chi connectivity index (χ2v) is 10.3. The van der Waals surface area contributed by atoms with Crippen LogP contribution in [0, 0.1) is 17.7 Å². The van der Waals surface area contributed by atoms with Crippen molar-refractivity contribution in [3.63, 3.8) is 0 Å². The van der Waals surface area contributed by atoms with Gasteiger partial charge in [-0.15, -0.1) is 11.3 Å². The van der Waals surface area contributed by atoms with Gasteiger partial charge in [-0.2, -0.15) is 0 Å². The maximum atomic E-state index is 13.8. The number of carboxylic acids is 1. The van der Waals surface area contributed by atoms with Gasteiger partial charge in [0.1, 0.15) is 10.7 Å². The molecule has 172 valence electrons. The Balaban J connectivity index is 1.73. The number of aliphatic hydroxyl groups excluding tert-OH is 1. The Kier molecular flexibility index (Phi) is 6.96. The van der Waals surface area contributed by atoms with E-state index in [1.165, 1.54) is 12.1 Å². The van der Waals surface area contributed by atoms with Crippen LogP contribution >= 0.6 is 11.3 Å². The maximum absolute atomic E-state index is 13.8. The molecule has 4 rings (SSSR count). The molecule has 2 saturated carbocycles. The minimum Gasteiger partial charge on any atom is -0.477 e. The van der Waals surface area contributed by atoms with Crippen molar-refractivity contribution < 1.29 is 24.2 Å². The van der Waals surface area contributed by atoms with Crippen LogP contribution < -0.4 is 4.90 Å². The fourth-order valence-corrected chi connectivity index (χ4v) is 5.98. The third-order valence-corrected chi connectivity index (χ3v) is 8.09. The van der Waals surface area contributed by atoms with Crippen molar-refractivity contribution >= 4 is 28.9 Å². The van der Waals surface area contributed by atoms with Crippen molar-refractivity contribution in [3.8, 4) is 10.4 Å². The molecular formula is C25H30FNO4S. The Morgan fingerprint density at radius 3 is 2.22 bits per heavy atom. The molecule has 0 unspecified atom stereocenters. The summed E-state index contributed by atoms with van der Waals surface area (Å²) in [5.41, 5.74) is 1.16. The molecule has 5 nitrogen and oxygen atoms in total. The number of carbonyl (C=O) groups excluding carboxylic acids is 1. The highest BCUT2D eigenvalue weighted by Crippen LogP contribution is 2.41. The number of thiophene rings is 1. The summed E-state index contributed by atoms with van der Waals surface area (Å²) in [5, 5.41) is 19.9. The number of anilines is 1. The lowest BCUT2D eigenvalue weighted by molar-refractivity contribution is -0.124. The summed E-state index contributed by atoms with van der Waals surface area (Å²) in [7, 11) is 0. The second kappa shape index (κ2) is 9.71. The van der Waals surface area contributed by atoms with Crippen molar-refractivity contribution in [2.45, 2.75) is 70.4 Å². The maximum Gasteiger partial charge on any atom is 0.348 e. The van der Waals surface area contributed by atoms with E-state index in [1.54, 1.807) is 23.1 Å². The summed E-state index contributed by atoms with van der Waals surface area (Å²) in [6, 6.07) is 7.60. The quantitative estimate of drug-likeness (QED) is 0.600. The first-order valence-corrected chi connectivity index (χ1v) is 12.3. The third kappa shape index (κ3) is 4.89. The van der Waals surface area contributed by atoms with Crippen LogP contribution in [0.15, 0.2) is 30.3 Å². The molecule has 0 saturated heterocycles. The van der Waals surface area contributed by atoms with E-state index in [1.807, 2.05) is 0 Å². The SMILES string of the molecule is CC1CCC(C(=O)N(c2cc(-c3ccc(F)cc3)sc2C(=O)O)C2CCC(O)CC2)CC1. The number of halogens is 1. The lowest BCUT2D eigenvalue weighted by atomic mass is 9.81. The van der Waals surface area contributed by atoms with Crippen LogP contribution in [0.2, 0.25) is 0 Å². The molecule has 0 aliphatic heterocycles. The first-order chi connectivity index (χ1) is 15.3. The lowest BCUT2D eigenvalue weighted by Crippen LogP contribution is -2.47. The third-order valence-electron chi connectivity index (χ3n) is 6.93. The van der Waals surface area contributed by atoms with E-state index >= 15 is 0 Å². The standard InChI is InChI=1S/C25H30FNO4S/c1-15-2-4-17(5-3-15)24(29)27(19-10-12-20(28)13-11-19)21-14-22(32-23(21)25(30)31)16-6-8-18(26)9-7-16/h6-9,14-15,17,19-20,28H,2-5,10-13H2,1H3,(H,30,31). The normalized spacial score (nSPS) is 26.0. The van der Waals surface area contributed by atoms with Gasteiger partial charge >= 0.3 is 5.97 Å². The topological polar surface area (TPSA) is 77.8 Å². The summed E-state index contributed by atoms with van der Waals surface area (Å²) in [4.78, 5) is 28.5. The average molecular weight is 460 g/mol. The van der Waals surface area contributed by atoms with E-state index in [0.29, 0.717) is 42.2 Å². The molecule has 2 aliphatic carbocycles. The molecule has 2 N–H and O–H groups in total. The van der Waals surface area contributed by atoms with Crippen LogP contribution in [0.5, 0.6) is 0 Å². The number of carboxylic acid groups (broad SMARTS) is 1. The highest BCUT2D eigenvalue weighted by atomic mass is 32.1. The molecule has 1 aromatic heterocycles. The van der Waals surface area contributed by atoms with E-state index < -0.39 is 5.97 Å². The monoisotopic (exact) mass is 459 g/mol. The van der Waals surface area contributed by atoms with Crippen molar-refractivity contribution in [2.75, 3.05) is 4.90 Å². The molecule has 0 radical (unpaired) electrons. The molecule has 2 aliphatic rings. The average Bonchev–Trinajstić information content (AvgIpc) is 3.21. The van der Waals surface area contributed by atoms with Gasteiger partial charge in [0.2, 0.25) is 5.91 Å². The molecule has 0 atom stereocenters. The van der Waals surface area contributed by atoms with Crippen molar-refractivity contribution in [1.82, 2.24) is 0 Å². The summed E-state index contributed by atoms with van der Waals surface area (Å²) in [5.74, 6) is -0.909. The zero-order valence-corrected chi connectivity index (χ0v) is 19.1. The highest BCUT2D eigenvalue weighted by molar-refractivity contribution is 7.18. The van der Waals surface area contributed by atoms with Gasteiger partial charge < -0.3 is 15.1 Å². The van der Waals surface area contributed by atoms with Crippen LogP contribution in [0.1, 0.15) is 68.0 Å². The summed E-state index contributed by atoms with van der Waals surface area (Å²) in [6.45, 7) is 2.21. The molecule has 32 heavy (non-hydrogen) atoms. The Morgan fingerprint density at radius 2 is 1.62 bits per heavy atom. The first-order valence-electron chi connectivity index (χ1n) is 11.5. The van der Waals surface area contributed by atoms with Crippen LogP contribution in [-0.2, 0) is 4.79 Å². The van der Waals surface area contributed by atoms with Crippen LogP contribution in [0.3, 0.4) is 0 Å². The number of rotatable bonds is 5. The molecular weight excluding hydrogens is 429 g/mol. The smallest absolute Gasteiger partial charge is 0.348 e. The number of amides is 1. The summed E-state index contributed by atoms with van der Waals surface area (Å²) < 4.78 is 13.4. The minimum atomic E-state index is -1.07. The molecule has 1 aromatic carbocycles. The van der Waals surface area contributed by atoms with Crippen LogP contribution in [0.4, 0.5) is 10.1 Å². The molecule has 2 aromatic rings. The highest BCUT2D eigenvalue weighted by Gasteiger charge is 2.37. The number of carbonyl (C=O) groups is 2. The van der Waals surface area contributed by atoms with Crippen molar-refractivity contribution in [3.05, 3.63) is 41.0 Å². The van der Waals surface area contributed by atoms with Gasteiger partial charge in [-0.05, 0) is 81.0 Å². The zero-order chi connectivity index (χ0) is 22.8. The number of aliphatic hydroxyl groups is 1. The van der Waals surface area contributed by atoms with Gasteiger partial charge in [0, 0.05) is 16.8 Å². The first kappa shape index (κ1) is 22.9. The number of aromatic carboxylic acids is 1. The second-order valence-electron chi connectivity index (χ2n) is 9.26. The minimum absolute atomic E-state index is 0.00393. The van der Waals surface area contributed by atoms with Gasteiger partial charge in [-0.3, -0.25) is 4.79 Å². The van der Waals surface area contributed by atoms with E-state index in [2.05, 4.69) is 6.92 Å². The Morgan fingerprint density at radius 1 is 1.00 bits per heavy atom. The molecule has 7 heteroatoms. The van der Waals surface area contributed by atoms with Crippen LogP contribution in [0.25, 0.3) is 10.4 Å². The van der Waals surface area contributed by atoms with Crippen molar-refractivity contribution in [1.29, 1.82) is 0 Å². The van der Waals surface area contributed by atoms with Gasteiger partial charge in [-0.25, -0.2) is 9.18 Å². The summed E-state index contributed by atoms with van der Waals surface area (Å²) in [6.07, 6.45) is 5.80. The van der Waals surface area contributed by atoms with Crippen LogP contribution in [-0.4, -0.2) is 34.2 Å². The van der Waals surface area contributed by atoms with E-state index in [4.69, 9.17) is 0 Å². The number of hydrogen-bond donors (Lipinski definition) is 2. The van der Waals surface area contributed by atoms with Crippen molar-refractivity contribution in [2.24, 2.45) is 11.8 Å². The molecule has 1 heterocycles. The molecule has 0 spiro atoms. The lowest BCUT2D eigenvalue weighted by Gasteiger charge is -2.38. The Hall–Kier alpha value is -2.25. The Bertz CT molecular complexity index is 957. The Labute approximate surface area is 191 Å². The fourth-order valence-electron chi connectivity index (χ4n) is 4.99. The van der Waals surface area contributed by atoms with Gasteiger partial charge in [0.15, 0.2) is 0 Å². The number of benzene rings is 1. The van der Waals surface area contributed by atoms with E-state index in [0.717, 1.165) is 42.6 Å². The summed E-state index contributed by atoms with van der Waals surface area (Å²) >= 11 is 1.12. The zero-order valence-electron chi connectivity index (χ0n) is 18.3. The molecule has 1 amide bonds. The van der Waals surface area contributed by atoms with Gasteiger partial charge in [-0.1, -0.05) is 19.1 Å². The molecule has 0 bridgehead atoms. The fraction of sp³-hybridized carbons (Fsp3) is 0.520. The number of nitrogens with zero attached hydrogens (tertiary/aromatic N) is 1. The predicted molar refractivity (Wildman–Crippen MR) is 124 cm³/mol. The predicted octanol–water partition coefficient (Wildman–Crippen LogP) is 5.72. The van der Waals surface area contributed by atoms with Gasteiger partial charge in [0.05, 0.1) is 11.8 Å². The van der Waals surface area contributed by atoms with E-state index in [-0.39, 0.29) is 34.7 Å². The van der Waals surface area contributed by atoms with Gasteiger partial charge in [0.25, 0.3) is 0 Å². The van der Waals surface area contributed by atoms with E-state index in [9.17, 15) is 24.2 Å². The largest absolute Gasteiger partial charge is 0.477 e. The molecule has 2 fully saturated rings.